The minimum atomic E-state index is -0.116. The number of hydrogen-bond acceptors (Lipinski definition) is 1. The van der Waals surface area contributed by atoms with E-state index in [1.54, 1.807) is 7.05 Å². The Morgan fingerprint density at radius 3 is 2.00 bits per heavy atom. The second-order valence-electron chi connectivity index (χ2n) is 1.02. The zero-order valence-electron chi connectivity index (χ0n) is 6.85. The van der Waals surface area contributed by atoms with Gasteiger partial charge in [-0.2, -0.15) is 0 Å². The summed E-state index contributed by atoms with van der Waals surface area (Å²) in [5.41, 5.74) is 0. The maximum atomic E-state index is 10.2. The summed E-state index contributed by atoms with van der Waals surface area (Å²) in [6.45, 7) is 7.33. The van der Waals surface area contributed by atoms with Crippen LogP contribution in [0.3, 0.4) is 0 Å². The molecule has 0 unspecified atom stereocenters. The van der Waals surface area contributed by atoms with Gasteiger partial charge in [-0.25, -0.2) is 13.0 Å². The van der Waals surface area contributed by atoms with Crippen molar-refractivity contribution in [3.8, 4) is 0 Å². The molecule has 0 saturated carbocycles. The topological polar surface area (TPSA) is 29.1 Å². The molecule has 0 atom stereocenters. The van der Waals surface area contributed by atoms with Crippen LogP contribution in [0.15, 0.2) is 12.2 Å². The number of amides is 1. The van der Waals surface area contributed by atoms with Crippen molar-refractivity contribution in [2.45, 2.75) is 13.8 Å². The largest absolute Gasteiger partial charge is 0.371 e. The Balaban J connectivity index is -0.000000149. The Hall–Kier alpha value is 0.184. The molecule has 0 aliphatic heterocycles. The van der Waals surface area contributed by atoms with Gasteiger partial charge in [0, 0.05) is 39.8 Å². The molecule has 0 rings (SSSR count). The first kappa shape index (κ1) is 16.6. The number of carbonyl (C=O) groups is 1. The Morgan fingerprint density at radius 2 is 1.90 bits per heavy atom. The van der Waals surface area contributed by atoms with Gasteiger partial charge in [0.25, 0.3) is 0 Å². The third-order valence-electron chi connectivity index (χ3n) is 0.516. The van der Waals surface area contributed by atoms with Crippen molar-refractivity contribution in [3.63, 3.8) is 0 Å². The van der Waals surface area contributed by atoms with Crippen LogP contribution in [-0.2, 0) is 37.5 Å². The number of hydrogen-bond donors (Lipinski definition) is 1. The fraction of sp³-hybridized carbons (Fsp3) is 0.429. The molecule has 1 N–H and O–H groups in total. The summed E-state index contributed by atoms with van der Waals surface area (Å²) in [6, 6.07) is 0. The number of nitrogens with one attached hydrogen (secondary N) is 1. The van der Waals surface area contributed by atoms with Crippen molar-refractivity contribution >= 4 is 5.91 Å². The normalized spacial score (nSPS) is 7.10. The number of likely N-dealkylation sites (N-methyl/N-ethyl adjacent to an activating group) is 1. The number of carbonyl (C=O) groups excluding carboxylic acids is 1. The summed E-state index contributed by atoms with van der Waals surface area (Å²) in [7, 11) is 1.57. The van der Waals surface area contributed by atoms with Crippen LogP contribution in [0.4, 0.5) is 0 Å². The van der Waals surface area contributed by atoms with Crippen molar-refractivity contribution in [2.24, 2.45) is 0 Å². The molecule has 0 fully saturated rings. The molecule has 10 heavy (non-hydrogen) atoms. The maximum Gasteiger partial charge on any atom is 0.162 e. The molecule has 0 aromatic carbocycles. The molecule has 0 aromatic rings. The SMILES string of the molecule is CC.[CH2-]/C=C/C(=O)NC.[Y]. The Kier molecular flexibility index (Phi) is 26.8. The van der Waals surface area contributed by atoms with Gasteiger partial charge < -0.3 is 5.32 Å². The third-order valence-corrected chi connectivity index (χ3v) is 0.516. The molecule has 1 amide bonds. The van der Waals surface area contributed by atoms with Crippen molar-refractivity contribution in [3.05, 3.63) is 19.1 Å². The van der Waals surface area contributed by atoms with Crippen molar-refractivity contribution < 1.29 is 37.5 Å². The smallest absolute Gasteiger partial charge is 0.162 e. The van der Waals surface area contributed by atoms with E-state index in [0.717, 1.165) is 0 Å². The molecule has 0 aliphatic rings. The number of allylic oxidation sites excluding steroid dienone is 1. The summed E-state index contributed by atoms with van der Waals surface area (Å²) < 4.78 is 0. The molecule has 3 heteroatoms. The van der Waals surface area contributed by atoms with Gasteiger partial charge in [-0.1, -0.05) is 13.8 Å². The third kappa shape index (κ3) is 15.7. The fourth-order valence-electron chi connectivity index (χ4n) is 0.190. The van der Waals surface area contributed by atoms with Crippen LogP contribution in [0.1, 0.15) is 13.8 Å². The fourth-order valence-corrected chi connectivity index (χ4v) is 0.190. The Labute approximate surface area is 88.3 Å². The van der Waals surface area contributed by atoms with E-state index in [2.05, 4.69) is 12.2 Å². The van der Waals surface area contributed by atoms with Crippen molar-refractivity contribution in [1.29, 1.82) is 0 Å². The average Bonchev–Trinajstić information content (AvgIpc) is 1.93. The van der Waals surface area contributed by atoms with Gasteiger partial charge in [0.15, 0.2) is 5.91 Å². The molecular formula is C7H14NOY-. The molecule has 57 valence electrons. The van der Waals surface area contributed by atoms with E-state index in [1.165, 1.54) is 12.2 Å². The van der Waals surface area contributed by atoms with Gasteiger partial charge in [-0.3, -0.25) is 4.79 Å². The van der Waals surface area contributed by atoms with Gasteiger partial charge in [0.2, 0.25) is 0 Å². The van der Waals surface area contributed by atoms with Gasteiger partial charge in [-0.15, -0.1) is 6.08 Å². The maximum absolute atomic E-state index is 10.2. The van der Waals surface area contributed by atoms with E-state index in [1.807, 2.05) is 13.8 Å². The molecule has 0 saturated heterocycles. The second-order valence-corrected chi connectivity index (χ2v) is 1.02. The molecule has 1 radical (unpaired) electrons. The first-order chi connectivity index (χ1) is 4.31. The van der Waals surface area contributed by atoms with Gasteiger partial charge in [0.05, 0.1) is 0 Å². The van der Waals surface area contributed by atoms with Crippen molar-refractivity contribution in [2.75, 3.05) is 7.05 Å². The second kappa shape index (κ2) is 16.1. The molecule has 0 bridgehead atoms. The summed E-state index contributed by atoms with van der Waals surface area (Å²) in [6.07, 6.45) is 2.80. The predicted molar refractivity (Wildman–Crippen MR) is 39.9 cm³/mol. The molecule has 2 nitrogen and oxygen atoms in total. The molecule has 0 heterocycles. The Morgan fingerprint density at radius 1 is 1.50 bits per heavy atom. The van der Waals surface area contributed by atoms with E-state index in [4.69, 9.17) is 0 Å². The van der Waals surface area contributed by atoms with E-state index >= 15 is 0 Å². The zero-order chi connectivity index (χ0) is 7.70. The minimum Gasteiger partial charge on any atom is -0.371 e. The summed E-state index contributed by atoms with van der Waals surface area (Å²) >= 11 is 0. The van der Waals surface area contributed by atoms with Crippen molar-refractivity contribution in [1.82, 2.24) is 5.32 Å². The Bertz CT molecular complexity index is 91.6. The monoisotopic (exact) mass is 217 g/mol. The standard InChI is InChI=1S/C5H8NO.C2H6.Y/c1-3-4-5(7)6-2;1-2;/h3-4H,1H2,2H3,(H,6,7);1-2H3;/q-1;;/b4-3+;;. The van der Waals surface area contributed by atoms with E-state index in [-0.39, 0.29) is 38.6 Å². The quantitative estimate of drug-likeness (QED) is 0.518. The van der Waals surface area contributed by atoms with E-state index < -0.39 is 0 Å². The molecule has 0 aliphatic carbocycles. The van der Waals surface area contributed by atoms with Crippen LogP contribution in [0.25, 0.3) is 0 Å². The number of rotatable bonds is 1. The minimum absolute atomic E-state index is 0. The molecule has 0 spiro atoms. The van der Waals surface area contributed by atoms with Crippen LogP contribution in [0.2, 0.25) is 0 Å². The van der Waals surface area contributed by atoms with E-state index in [9.17, 15) is 4.79 Å². The van der Waals surface area contributed by atoms with Crippen LogP contribution in [-0.4, -0.2) is 13.0 Å². The van der Waals surface area contributed by atoms with Crippen LogP contribution in [0.5, 0.6) is 0 Å². The molecular weight excluding hydrogens is 203 g/mol. The van der Waals surface area contributed by atoms with Crippen LogP contribution < -0.4 is 5.32 Å². The summed E-state index contributed by atoms with van der Waals surface area (Å²) in [5, 5.41) is 2.40. The summed E-state index contributed by atoms with van der Waals surface area (Å²) in [5.74, 6) is -0.116. The zero-order valence-corrected chi connectivity index (χ0v) is 9.69. The van der Waals surface area contributed by atoms with Gasteiger partial charge in [-0.05, 0) is 0 Å². The summed E-state index contributed by atoms with van der Waals surface area (Å²) in [4.78, 5) is 10.2. The van der Waals surface area contributed by atoms with Gasteiger partial charge in [0.1, 0.15) is 0 Å². The first-order valence-corrected chi connectivity index (χ1v) is 2.98. The van der Waals surface area contributed by atoms with Crippen LogP contribution in [0, 0.1) is 6.92 Å². The predicted octanol–water partition coefficient (Wildman–Crippen LogP) is 1.15. The van der Waals surface area contributed by atoms with E-state index in [0.29, 0.717) is 0 Å². The average molecular weight is 217 g/mol. The van der Waals surface area contributed by atoms with Crippen LogP contribution >= 0.6 is 0 Å². The van der Waals surface area contributed by atoms with Gasteiger partial charge >= 0.3 is 0 Å². The molecule has 0 aromatic heterocycles. The first-order valence-electron chi connectivity index (χ1n) is 2.98.